The molecule has 0 amide bonds. The van der Waals surface area contributed by atoms with Crippen LogP contribution in [0.1, 0.15) is 12.8 Å². The van der Waals surface area contributed by atoms with E-state index in [4.69, 9.17) is 16.3 Å². The van der Waals surface area contributed by atoms with Gasteiger partial charge in [0.15, 0.2) is 0 Å². The lowest BCUT2D eigenvalue weighted by molar-refractivity contribution is 0.292. The van der Waals surface area contributed by atoms with E-state index in [2.05, 4.69) is 21.6 Å². The molecule has 0 aromatic carbocycles. The van der Waals surface area contributed by atoms with Crippen molar-refractivity contribution >= 4 is 17.4 Å². The maximum atomic E-state index is 5.83. The second kappa shape index (κ2) is 4.94. The number of halogens is 1. The molecule has 0 aliphatic carbocycles. The summed E-state index contributed by atoms with van der Waals surface area (Å²) in [5, 5.41) is 4.34. The van der Waals surface area contributed by atoms with Crippen molar-refractivity contribution in [3.05, 3.63) is 30.2 Å². The van der Waals surface area contributed by atoms with Crippen LogP contribution < -0.4 is 4.74 Å². The first kappa shape index (κ1) is 10.9. The molecule has 0 radical (unpaired) electrons. The minimum absolute atomic E-state index is 0.347. The molecule has 16 heavy (non-hydrogen) atoms. The fourth-order valence-corrected chi connectivity index (χ4v) is 1.43. The third-order valence-corrected chi connectivity index (χ3v) is 2.18. The van der Waals surface area contributed by atoms with E-state index in [0.29, 0.717) is 23.4 Å². The Kier molecular flexibility index (Phi) is 3.36. The Balaban J connectivity index is 2.15. The fraction of sp³-hybridized carbons (Fsp3) is 0.300. The predicted molar refractivity (Wildman–Crippen MR) is 60.7 cm³/mol. The van der Waals surface area contributed by atoms with Gasteiger partial charge in [0.05, 0.1) is 6.61 Å². The van der Waals surface area contributed by atoms with Gasteiger partial charge in [-0.1, -0.05) is 17.7 Å². The molecule has 0 atom stereocenters. The monoisotopic (exact) mass is 238 g/mol. The molecule has 6 heteroatoms. The zero-order chi connectivity index (χ0) is 11.4. The molecule has 2 aromatic heterocycles. The van der Waals surface area contributed by atoms with Crippen LogP contribution in [0.2, 0.25) is 5.15 Å². The van der Waals surface area contributed by atoms with Crippen molar-refractivity contribution in [2.45, 2.75) is 12.8 Å². The minimum atomic E-state index is 0.347. The molecule has 0 saturated carbocycles. The Bertz CT molecular complexity index is 497. The van der Waals surface area contributed by atoms with E-state index >= 15 is 0 Å². The summed E-state index contributed by atoms with van der Waals surface area (Å²) in [5.41, 5.74) is 0. The lowest BCUT2D eigenvalue weighted by Crippen LogP contribution is -2.03. The maximum absolute atomic E-state index is 5.83. The Hall–Kier alpha value is -1.62. The van der Waals surface area contributed by atoms with Crippen LogP contribution in [0.3, 0.4) is 0 Å². The van der Waals surface area contributed by atoms with Crippen molar-refractivity contribution in [1.29, 1.82) is 0 Å². The topological polar surface area (TPSA) is 52.3 Å². The van der Waals surface area contributed by atoms with Gasteiger partial charge in [0.25, 0.3) is 5.78 Å². The molecule has 0 N–H and O–H groups in total. The van der Waals surface area contributed by atoms with Gasteiger partial charge in [-0.25, -0.2) is 0 Å². The van der Waals surface area contributed by atoms with Gasteiger partial charge in [-0.2, -0.15) is 19.6 Å². The lowest BCUT2D eigenvalue weighted by Gasteiger charge is -2.06. The summed E-state index contributed by atoms with van der Waals surface area (Å²) in [6, 6.07) is 1.62. The summed E-state index contributed by atoms with van der Waals surface area (Å²) in [4.78, 5) is 7.94. The van der Waals surface area contributed by atoms with Crippen LogP contribution in [0.15, 0.2) is 25.0 Å². The van der Waals surface area contributed by atoms with Gasteiger partial charge in [0, 0.05) is 6.07 Å². The van der Waals surface area contributed by atoms with E-state index in [0.717, 1.165) is 12.8 Å². The number of unbranched alkanes of at least 4 members (excludes halogenated alkanes) is 1. The van der Waals surface area contributed by atoms with Crippen molar-refractivity contribution in [2.75, 3.05) is 6.61 Å². The molecule has 84 valence electrons. The molecule has 0 saturated heterocycles. The van der Waals surface area contributed by atoms with Crippen molar-refractivity contribution in [3.8, 4) is 5.88 Å². The first-order valence-electron chi connectivity index (χ1n) is 4.91. The van der Waals surface area contributed by atoms with Crippen molar-refractivity contribution in [2.24, 2.45) is 0 Å². The average Bonchev–Trinajstić information content (AvgIpc) is 2.72. The molecule has 0 fully saturated rings. The molecular weight excluding hydrogens is 228 g/mol. The van der Waals surface area contributed by atoms with E-state index in [1.807, 2.05) is 6.08 Å². The standard InChI is InChI=1S/C10H11ClN4O/c1-2-3-4-5-16-9-6-8(11)14-10-12-7-13-15(9)10/h2,6-7H,1,3-5H2. The van der Waals surface area contributed by atoms with Crippen LogP contribution in [-0.4, -0.2) is 26.2 Å². The van der Waals surface area contributed by atoms with Gasteiger partial charge in [0.1, 0.15) is 11.5 Å². The number of hydrogen-bond donors (Lipinski definition) is 0. The smallest absolute Gasteiger partial charge is 0.256 e. The zero-order valence-electron chi connectivity index (χ0n) is 8.64. The van der Waals surface area contributed by atoms with Gasteiger partial charge in [-0.05, 0) is 12.8 Å². The van der Waals surface area contributed by atoms with E-state index in [9.17, 15) is 0 Å². The Morgan fingerprint density at radius 3 is 3.25 bits per heavy atom. The van der Waals surface area contributed by atoms with Crippen molar-refractivity contribution < 1.29 is 4.74 Å². The van der Waals surface area contributed by atoms with E-state index < -0.39 is 0 Å². The molecular formula is C10H11ClN4O. The predicted octanol–water partition coefficient (Wildman–Crippen LogP) is 2.12. The van der Waals surface area contributed by atoms with Gasteiger partial charge in [0.2, 0.25) is 5.88 Å². The van der Waals surface area contributed by atoms with E-state index in [-0.39, 0.29) is 0 Å². The Morgan fingerprint density at radius 1 is 1.56 bits per heavy atom. The summed E-state index contributed by atoms with van der Waals surface area (Å²) in [6.45, 7) is 4.23. The van der Waals surface area contributed by atoms with Crippen LogP contribution in [0.4, 0.5) is 0 Å². The molecule has 0 aliphatic rings. The summed E-state index contributed by atoms with van der Waals surface area (Å²) in [6.07, 6.45) is 5.09. The Morgan fingerprint density at radius 2 is 2.44 bits per heavy atom. The molecule has 0 unspecified atom stereocenters. The highest BCUT2D eigenvalue weighted by Gasteiger charge is 2.06. The first-order chi connectivity index (χ1) is 7.81. The highest BCUT2D eigenvalue weighted by Crippen LogP contribution is 2.16. The summed E-state index contributed by atoms with van der Waals surface area (Å²) in [7, 11) is 0. The maximum Gasteiger partial charge on any atom is 0.256 e. The largest absolute Gasteiger partial charge is 0.477 e. The average molecular weight is 239 g/mol. The molecule has 2 rings (SSSR count). The number of aromatic nitrogens is 4. The summed E-state index contributed by atoms with van der Waals surface area (Å²) >= 11 is 5.83. The van der Waals surface area contributed by atoms with Gasteiger partial charge < -0.3 is 4.74 Å². The fourth-order valence-electron chi connectivity index (χ4n) is 1.27. The molecule has 0 aliphatic heterocycles. The number of ether oxygens (including phenoxy) is 1. The molecule has 5 nitrogen and oxygen atoms in total. The van der Waals surface area contributed by atoms with E-state index in [1.54, 1.807) is 6.07 Å². The number of rotatable bonds is 5. The second-order valence-corrected chi connectivity index (χ2v) is 3.56. The van der Waals surface area contributed by atoms with Crippen LogP contribution >= 0.6 is 11.6 Å². The molecule has 2 heterocycles. The third kappa shape index (κ3) is 2.30. The minimum Gasteiger partial charge on any atom is -0.477 e. The lowest BCUT2D eigenvalue weighted by atomic mass is 10.3. The van der Waals surface area contributed by atoms with Gasteiger partial charge >= 0.3 is 0 Å². The van der Waals surface area contributed by atoms with Gasteiger partial charge in [-0.3, -0.25) is 0 Å². The number of nitrogens with zero attached hydrogens (tertiary/aromatic N) is 4. The SMILES string of the molecule is C=CCCCOc1cc(Cl)nc2ncnn12. The Labute approximate surface area is 97.7 Å². The summed E-state index contributed by atoms with van der Waals surface area (Å²) < 4.78 is 7.06. The number of fused-ring (bicyclic) bond motifs is 1. The highest BCUT2D eigenvalue weighted by atomic mass is 35.5. The van der Waals surface area contributed by atoms with Crippen LogP contribution in [-0.2, 0) is 0 Å². The summed E-state index contributed by atoms with van der Waals surface area (Å²) in [5.74, 6) is 0.989. The molecule has 0 spiro atoms. The normalized spacial score (nSPS) is 10.6. The van der Waals surface area contributed by atoms with Crippen molar-refractivity contribution in [3.63, 3.8) is 0 Å². The quantitative estimate of drug-likeness (QED) is 0.455. The zero-order valence-corrected chi connectivity index (χ0v) is 9.39. The number of allylic oxidation sites excluding steroid dienone is 1. The van der Waals surface area contributed by atoms with Gasteiger partial charge in [-0.15, -0.1) is 6.58 Å². The van der Waals surface area contributed by atoms with Crippen LogP contribution in [0.25, 0.3) is 5.78 Å². The van der Waals surface area contributed by atoms with Crippen LogP contribution in [0.5, 0.6) is 5.88 Å². The van der Waals surface area contributed by atoms with Crippen molar-refractivity contribution in [1.82, 2.24) is 19.6 Å². The first-order valence-corrected chi connectivity index (χ1v) is 5.29. The number of hydrogen-bond acceptors (Lipinski definition) is 4. The van der Waals surface area contributed by atoms with Crippen LogP contribution in [0, 0.1) is 0 Å². The van der Waals surface area contributed by atoms with E-state index in [1.165, 1.54) is 10.8 Å². The highest BCUT2D eigenvalue weighted by molar-refractivity contribution is 6.29. The third-order valence-electron chi connectivity index (χ3n) is 1.99. The second-order valence-electron chi connectivity index (χ2n) is 3.17. The molecule has 2 aromatic rings. The molecule has 0 bridgehead atoms.